The van der Waals surface area contributed by atoms with Crippen LogP contribution in [0.25, 0.3) is 22.0 Å². The van der Waals surface area contributed by atoms with Gasteiger partial charge in [-0.2, -0.15) is 88.8 Å². The van der Waals surface area contributed by atoms with Gasteiger partial charge in [0.2, 0.25) is 31.9 Å². The van der Waals surface area contributed by atoms with Gasteiger partial charge in [0.15, 0.2) is 5.95 Å². The smallest absolute Gasteiger partial charge is 0.480 e. The maximum Gasteiger partial charge on any atom is 0.490 e. The van der Waals surface area contributed by atoms with Crippen molar-refractivity contribution in [3.8, 4) is 11.1 Å². The second kappa shape index (κ2) is 46.7. The fourth-order valence-electron chi connectivity index (χ4n) is 6.80. The maximum absolute atomic E-state index is 13.2. The summed E-state index contributed by atoms with van der Waals surface area (Å²) in [7, 11) is -8.20. The molecule has 18 N–H and O–H groups in total. The van der Waals surface area contributed by atoms with E-state index in [2.05, 4.69) is 35.1 Å². The first kappa shape index (κ1) is 102. The topological polar surface area (TPSA) is 581 Å². The van der Waals surface area contributed by atoms with E-state index in [0.29, 0.717) is 74.8 Å². The van der Waals surface area contributed by atoms with Crippen molar-refractivity contribution in [2.45, 2.75) is 103 Å². The predicted molar refractivity (Wildman–Crippen MR) is 336 cm³/mol. The number of benzene rings is 3. The van der Waals surface area contributed by atoms with Crippen LogP contribution in [0.5, 0.6) is 0 Å². The van der Waals surface area contributed by atoms with Gasteiger partial charge in [-0.3, -0.25) is 23.9 Å². The summed E-state index contributed by atoms with van der Waals surface area (Å²) in [5.41, 5.74) is 17.4. The first-order valence-electron chi connectivity index (χ1n) is 29.5. The van der Waals surface area contributed by atoms with Crippen molar-refractivity contribution < 1.29 is 194 Å². The molecule has 0 fully saturated rings. The Morgan fingerprint density at radius 1 is 0.523 bits per heavy atom. The highest BCUT2D eigenvalue weighted by atomic mass is 32.2. The van der Waals surface area contributed by atoms with Gasteiger partial charge in [0.25, 0.3) is 5.91 Å². The molecule has 0 aliphatic rings. The summed E-state index contributed by atoms with van der Waals surface area (Å²) in [6.07, 6.45) is -23.6. The SMILES string of the molecule is NC(=O)CCC(N)(CCCOCCOCCOCCCNS(=O)(=O)c1ccc(-c2ccc(S(=O)(=O)NC(CNC(=O)c3ccc4c(cnn4CCCNc4ncc[nH]4)c3)C(=O)O)cc2)cc1)C(N)=O.O=C(O)C(F)(F)F.O=C(O)C(F)(F)F.O=C(O)C(F)(F)F.O=C(O)C(F)(F)F.O=C(O)C(F)(F)F.O=C(O)C(F)(F)F. The lowest BCUT2D eigenvalue weighted by Crippen LogP contribution is -2.52. The average Bonchev–Trinajstić information content (AvgIpc) is 1.80. The number of H-pyrrole nitrogens is 1. The Bertz CT molecular complexity index is 3850. The number of aromatic nitrogens is 4. The minimum Gasteiger partial charge on any atom is -0.480 e. The van der Waals surface area contributed by atoms with Crippen LogP contribution in [0.3, 0.4) is 0 Å². The third-order valence-electron chi connectivity index (χ3n) is 12.1. The van der Waals surface area contributed by atoms with E-state index in [0.717, 1.165) is 11.9 Å². The van der Waals surface area contributed by atoms with Gasteiger partial charge in [-0.1, -0.05) is 24.3 Å². The van der Waals surface area contributed by atoms with Crippen LogP contribution in [0.1, 0.15) is 48.9 Å². The first-order valence-corrected chi connectivity index (χ1v) is 32.4. The lowest BCUT2D eigenvalue weighted by molar-refractivity contribution is -0.193. The highest BCUT2D eigenvalue weighted by Gasteiger charge is 2.42. The van der Waals surface area contributed by atoms with Gasteiger partial charge < -0.3 is 82.8 Å². The number of aliphatic carboxylic acids is 7. The van der Waals surface area contributed by atoms with E-state index >= 15 is 0 Å². The van der Waals surface area contributed by atoms with Crippen LogP contribution in [0.15, 0.2) is 95.1 Å². The van der Waals surface area contributed by atoms with Gasteiger partial charge >= 0.3 is 78.8 Å². The van der Waals surface area contributed by atoms with Crippen LogP contribution in [-0.2, 0) is 84.0 Å². The monoisotopic (exact) mass is 1680 g/mol. The van der Waals surface area contributed by atoms with Gasteiger partial charge in [-0.25, -0.2) is 55.3 Å². The molecule has 0 radical (unpaired) electrons. The van der Waals surface area contributed by atoms with E-state index in [1.807, 2.05) is 4.68 Å². The molecule has 111 heavy (non-hydrogen) atoms. The normalized spacial score (nSPS) is 12.5. The molecule has 626 valence electrons. The Labute approximate surface area is 610 Å². The average molecular weight is 1680 g/mol. The number of aromatic amines is 1. The molecule has 0 aliphatic carbocycles. The number of rotatable bonds is 33. The van der Waals surface area contributed by atoms with Crippen molar-refractivity contribution in [3.05, 3.63) is 90.9 Å². The first-order chi connectivity index (χ1) is 50.6. The summed E-state index contributed by atoms with van der Waals surface area (Å²) in [4.78, 5) is 108. The number of nitrogens with two attached hydrogens (primary N) is 3. The number of anilines is 1. The molecule has 2 atom stereocenters. The lowest BCUT2D eigenvalue weighted by atomic mass is 9.88. The quantitative estimate of drug-likeness (QED) is 0.0197. The summed E-state index contributed by atoms with van der Waals surface area (Å²) < 4.78 is 266. The molecule has 0 saturated carbocycles. The number of hydrogen-bond donors (Lipinski definition) is 15. The number of amides is 3. The van der Waals surface area contributed by atoms with Gasteiger partial charge in [-0.15, -0.1) is 0 Å². The molecular formula is C56H65F18N11O24S2. The molecule has 0 saturated heterocycles. The zero-order valence-corrected chi connectivity index (χ0v) is 57.4. The van der Waals surface area contributed by atoms with Crippen LogP contribution in [-0.4, -0.2) is 240 Å². The van der Waals surface area contributed by atoms with Crippen LogP contribution in [0, 0.1) is 0 Å². The summed E-state index contributed by atoms with van der Waals surface area (Å²) in [6.45, 7) is 2.65. The zero-order valence-electron chi connectivity index (χ0n) is 55.7. The highest BCUT2D eigenvalue weighted by molar-refractivity contribution is 7.89. The largest absolute Gasteiger partial charge is 0.490 e. The minimum atomic E-state index is -5.08. The number of alkyl halides is 18. The van der Waals surface area contributed by atoms with E-state index in [1.54, 1.807) is 48.9 Å². The number of carboxylic acid groups (broad SMARTS) is 7. The number of fused-ring (bicyclic) bond motifs is 1. The summed E-state index contributed by atoms with van der Waals surface area (Å²) >= 11 is 0. The Morgan fingerprint density at radius 3 is 1.29 bits per heavy atom. The second-order valence-electron chi connectivity index (χ2n) is 20.6. The summed E-state index contributed by atoms with van der Waals surface area (Å²) in [5.74, 6) is -19.2. The number of primary amides is 2. The maximum atomic E-state index is 13.2. The second-order valence-corrected chi connectivity index (χ2v) is 24.1. The van der Waals surface area contributed by atoms with Crippen molar-refractivity contribution in [1.82, 2.24) is 34.5 Å². The van der Waals surface area contributed by atoms with Crippen molar-refractivity contribution in [3.63, 3.8) is 0 Å². The Kier molecular flexibility index (Phi) is 43.0. The molecule has 3 amide bonds. The Hall–Kier alpha value is -10.8. The van der Waals surface area contributed by atoms with Gasteiger partial charge in [0.1, 0.15) is 6.04 Å². The summed E-state index contributed by atoms with van der Waals surface area (Å²) in [6, 6.07) is 14.8. The number of halogens is 18. The van der Waals surface area contributed by atoms with Crippen LogP contribution < -0.4 is 37.3 Å². The predicted octanol–water partition coefficient (Wildman–Crippen LogP) is 4.84. The number of imidazole rings is 1. The fraction of sp³-hybridized carbons (Fsp3) is 0.429. The van der Waals surface area contributed by atoms with Crippen molar-refractivity contribution in [1.29, 1.82) is 0 Å². The van der Waals surface area contributed by atoms with Gasteiger partial charge in [-0.05, 0) is 85.7 Å². The number of hydrogen-bond acceptors (Lipinski definition) is 21. The molecule has 2 heterocycles. The van der Waals surface area contributed by atoms with E-state index in [-0.39, 0.29) is 54.4 Å². The molecule has 5 aromatic rings. The number of nitrogens with zero attached hydrogens (tertiary/aromatic N) is 3. The molecule has 0 bridgehead atoms. The number of carboxylic acids is 7. The molecule has 35 nitrogen and oxygen atoms in total. The molecule has 2 aromatic heterocycles. The standard InChI is InChI=1S/C44H59N11O12S2.6C2HF3O2/c45-39(56)14-16-44(47,42(46)60)15-1-22-65-24-26-67-27-25-66-23-3-18-53-68(61,62)35-9-4-31(5-10-35)32-6-11-36(12-7-32)69(63,64)54-37(41(58)59)30-51-40(57)33-8-13-38-34(28-33)29-52-55(38)21-2-17-48-43-49-19-20-50-43;6*3-2(4,5)1(6)7/h4-13,19-20,28-29,37,53-54H,1-3,14-18,21-27,30,47H2,(H2,45,56)(H2,46,60)(H,51,57)(H,58,59)(H2,48,49,50);6*(H,6,7). The van der Waals surface area contributed by atoms with Crippen LogP contribution in [0.2, 0.25) is 0 Å². The van der Waals surface area contributed by atoms with Crippen molar-refractivity contribution >= 4 is 96.4 Å². The van der Waals surface area contributed by atoms with Gasteiger partial charge in [0, 0.05) is 69.2 Å². The van der Waals surface area contributed by atoms with Crippen LogP contribution in [0.4, 0.5) is 85.0 Å². The number of carbonyl (C=O) groups excluding carboxylic acids is 3. The van der Waals surface area contributed by atoms with Crippen molar-refractivity contribution in [2.24, 2.45) is 17.2 Å². The molecular weight excluding hydrogens is 1620 g/mol. The zero-order chi connectivity index (χ0) is 86.3. The number of carbonyl (C=O) groups is 10. The third-order valence-corrected chi connectivity index (χ3v) is 15.1. The summed E-state index contributed by atoms with van der Waals surface area (Å²) in [5, 5.41) is 63.4. The molecule has 0 aliphatic heterocycles. The lowest BCUT2D eigenvalue weighted by Gasteiger charge is -2.25. The van der Waals surface area contributed by atoms with Crippen LogP contribution >= 0.6 is 0 Å². The molecule has 5 rings (SSSR count). The Morgan fingerprint density at radius 2 is 0.919 bits per heavy atom. The minimum absolute atomic E-state index is 0.0227. The van der Waals surface area contributed by atoms with E-state index in [4.69, 9.17) is 90.8 Å². The van der Waals surface area contributed by atoms with Crippen molar-refractivity contribution in [2.75, 3.05) is 64.6 Å². The highest BCUT2D eigenvalue weighted by Crippen LogP contribution is 2.25. The molecule has 55 heteroatoms. The van der Waals surface area contributed by atoms with E-state index in [1.165, 1.54) is 36.4 Å². The fourth-order valence-corrected chi connectivity index (χ4v) is 9.07. The molecule has 0 spiro atoms. The molecule has 2 unspecified atom stereocenters. The number of aryl methyl sites for hydroxylation is 1. The number of nitrogens with one attached hydrogen (secondary N) is 5. The van der Waals surface area contributed by atoms with E-state index < -0.39 is 135 Å². The van der Waals surface area contributed by atoms with E-state index in [9.17, 15) is 120 Å². The number of sulfonamides is 2. The number of ether oxygens (including phenoxy) is 3. The molecule has 3 aromatic carbocycles. The third kappa shape index (κ3) is 43.9. The van der Waals surface area contributed by atoms with Gasteiger partial charge in [0.05, 0.1) is 53.5 Å². The Balaban J connectivity index is 0.